The first-order valence-corrected chi connectivity index (χ1v) is 6.00. The molecule has 1 aliphatic heterocycles. The van der Waals surface area contributed by atoms with Gasteiger partial charge in [0.15, 0.2) is 0 Å². The Morgan fingerprint density at radius 1 is 1.16 bits per heavy atom. The van der Waals surface area contributed by atoms with Crippen LogP contribution in [-0.2, 0) is 11.2 Å². The van der Waals surface area contributed by atoms with E-state index in [0.717, 1.165) is 28.7 Å². The Hall–Kier alpha value is -2.55. The number of fused-ring (bicyclic) bond motifs is 2. The second-order valence-electron chi connectivity index (χ2n) is 4.24. The Bertz CT molecular complexity index is 659. The Kier molecular flexibility index (Phi) is 2.80. The third kappa shape index (κ3) is 2.10. The van der Waals surface area contributed by atoms with Gasteiger partial charge in [-0.25, -0.2) is 4.79 Å². The van der Waals surface area contributed by atoms with E-state index in [2.05, 4.69) is 6.58 Å². The molecule has 19 heavy (non-hydrogen) atoms. The van der Waals surface area contributed by atoms with Crippen LogP contribution in [0.1, 0.15) is 11.1 Å². The van der Waals surface area contributed by atoms with Crippen molar-refractivity contribution >= 4 is 5.97 Å². The molecule has 0 aliphatic carbocycles. The SMILES string of the molecule is C=CC(=O)Oc1cccc2c1Cc1ccccc1O2. The van der Waals surface area contributed by atoms with Gasteiger partial charge >= 0.3 is 5.97 Å². The summed E-state index contributed by atoms with van der Waals surface area (Å²) in [5.41, 5.74) is 1.97. The molecule has 3 heteroatoms. The van der Waals surface area contributed by atoms with Crippen molar-refractivity contribution in [2.75, 3.05) is 0 Å². The summed E-state index contributed by atoms with van der Waals surface area (Å²) in [6.07, 6.45) is 1.84. The zero-order valence-electron chi connectivity index (χ0n) is 10.3. The zero-order valence-corrected chi connectivity index (χ0v) is 10.3. The third-order valence-corrected chi connectivity index (χ3v) is 3.03. The predicted molar refractivity (Wildman–Crippen MR) is 71.6 cm³/mol. The van der Waals surface area contributed by atoms with E-state index in [1.807, 2.05) is 30.3 Å². The number of benzene rings is 2. The molecule has 0 atom stereocenters. The van der Waals surface area contributed by atoms with Gasteiger partial charge < -0.3 is 9.47 Å². The van der Waals surface area contributed by atoms with E-state index in [0.29, 0.717) is 12.2 Å². The molecule has 0 amide bonds. The summed E-state index contributed by atoms with van der Waals surface area (Å²) in [6, 6.07) is 13.3. The van der Waals surface area contributed by atoms with Gasteiger partial charge in [-0.05, 0) is 23.8 Å². The Balaban J connectivity index is 2.01. The van der Waals surface area contributed by atoms with Crippen LogP contribution < -0.4 is 9.47 Å². The van der Waals surface area contributed by atoms with Crippen molar-refractivity contribution < 1.29 is 14.3 Å². The van der Waals surface area contributed by atoms with E-state index in [9.17, 15) is 4.79 Å². The number of hydrogen-bond donors (Lipinski definition) is 0. The maximum Gasteiger partial charge on any atom is 0.335 e. The number of esters is 1. The first-order valence-electron chi connectivity index (χ1n) is 6.00. The fourth-order valence-electron chi connectivity index (χ4n) is 2.12. The summed E-state index contributed by atoms with van der Waals surface area (Å²) < 4.78 is 11.1. The molecular formula is C16H12O3. The summed E-state index contributed by atoms with van der Waals surface area (Å²) in [5.74, 6) is 1.64. The fraction of sp³-hybridized carbons (Fsp3) is 0.0625. The standard InChI is InChI=1S/C16H12O3/c1-2-16(17)19-15-9-5-8-14-12(15)10-11-6-3-4-7-13(11)18-14/h2-9H,1,10H2. The van der Waals surface area contributed by atoms with Crippen LogP contribution in [0.4, 0.5) is 0 Å². The van der Waals surface area contributed by atoms with E-state index in [4.69, 9.17) is 9.47 Å². The highest BCUT2D eigenvalue weighted by atomic mass is 16.5. The van der Waals surface area contributed by atoms with Gasteiger partial charge in [0.1, 0.15) is 17.2 Å². The number of carbonyl (C=O) groups excluding carboxylic acids is 1. The molecule has 0 fully saturated rings. The molecule has 0 saturated carbocycles. The molecule has 3 nitrogen and oxygen atoms in total. The molecular weight excluding hydrogens is 240 g/mol. The van der Waals surface area contributed by atoms with Gasteiger partial charge in [-0.15, -0.1) is 0 Å². The highest BCUT2D eigenvalue weighted by molar-refractivity contribution is 5.83. The largest absolute Gasteiger partial charge is 0.457 e. The average Bonchev–Trinajstić information content (AvgIpc) is 2.45. The van der Waals surface area contributed by atoms with E-state index in [1.165, 1.54) is 0 Å². The summed E-state index contributed by atoms with van der Waals surface area (Å²) in [6.45, 7) is 3.40. The summed E-state index contributed by atoms with van der Waals surface area (Å²) in [7, 11) is 0. The quantitative estimate of drug-likeness (QED) is 0.398. The van der Waals surface area contributed by atoms with Gasteiger partial charge in [0, 0.05) is 18.1 Å². The van der Waals surface area contributed by atoms with Crippen LogP contribution in [0.5, 0.6) is 17.2 Å². The van der Waals surface area contributed by atoms with Crippen LogP contribution in [0.2, 0.25) is 0 Å². The number of carbonyl (C=O) groups is 1. The van der Waals surface area contributed by atoms with Gasteiger partial charge in [-0.3, -0.25) is 0 Å². The van der Waals surface area contributed by atoms with Crippen LogP contribution in [0.15, 0.2) is 55.1 Å². The molecule has 0 aromatic heterocycles. The Morgan fingerprint density at radius 3 is 2.79 bits per heavy atom. The van der Waals surface area contributed by atoms with Gasteiger partial charge in [-0.1, -0.05) is 30.8 Å². The molecule has 1 heterocycles. The lowest BCUT2D eigenvalue weighted by Gasteiger charge is -2.21. The van der Waals surface area contributed by atoms with Crippen LogP contribution in [-0.4, -0.2) is 5.97 Å². The highest BCUT2D eigenvalue weighted by Crippen LogP contribution is 2.40. The molecule has 3 rings (SSSR count). The normalized spacial score (nSPS) is 11.8. The van der Waals surface area contributed by atoms with Crippen molar-refractivity contribution in [3.8, 4) is 17.2 Å². The molecule has 94 valence electrons. The van der Waals surface area contributed by atoms with Crippen molar-refractivity contribution in [1.82, 2.24) is 0 Å². The third-order valence-electron chi connectivity index (χ3n) is 3.03. The monoisotopic (exact) mass is 252 g/mol. The van der Waals surface area contributed by atoms with Crippen LogP contribution in [0.3, 0.4) is 0 Å². The molecule has 2 aromatic carbocycles. The van der Waals surface area contributed by atoms with Crippen molar-refractivity contribution in [3.63, 3.8) is 0 Å². The average molecular weight is 252 g/mol. The molecule has 0 N–H and O–H groups in total. The maximum absolute atomic E-state index is 11.3. The molecule has 0 unspecified atom stereocenters. The topological polar surface area (TPSA) is 35.5 Å². The summed E-state index contributed by atoms with van der Waals surface area (Å²) in [5, 5.41) is 0. The lowest BCUT2D eigenvalue weighted by Crippen LogP contribution is -2.09. The smallest absolute Gasteiger partial charge is 0.335 e. The minimum absolute atomic E-state index is 0.466. The lowest BCUT2D eigenvalue weighted by molar-refractivity contribution is -0.129. The summed E-state index contributed by atoms with van der Waals surface area (Å²) in [4.78, 5) is 11.3. The van der Waals surface area contributed by atoms with Crippen molar-refractivity contribution in [1.29, 1.82) is 0 Å². The number of rotatable bonds is 2. The molecule has 0 spiro atoms. The van der Waals surface area contributed by atoms with Gasteiger partial charge in [-0.2, -0.15) is 0 Å². The second kappa shape index (κ2) is 4.61. The van der Waals surface area contributed by atoms with Gasteiger partial charge in [0.25, 0.3) is 0 Å². The predicted octanol–water partition coefficient (Wildman–Crippen LogP) is 3.47. The second-order valence-corrected chi connectivity index (χ2v) is 4.24. The van der Waals surface area contributed by atoms with Crippen molar-refractivity contribution in [2.45, 2.75) is 6.42 Å². The van der Waals surface area contributed by atoms with Crippen LogP contribution in [0, 0.1) is 0 Å². The Morgan fingerprint density at radius 2 is 1.95 bits per heavy atom. The van der Waals surface area contributed by atoms with Gasteiger partial charge in [0.05, 0.1) is 0 Å². The molecule has 0 saturated heterocycles. The first kappa shape index (κ1) is 11.5. The number of hydrogen-bond acceptors (Lipinski definition) is 3. The maximum atomic E-state index is 11.3. The van der Waals surface area contributed by atoms with Crippen molar-refractivity contribution in [3.05, 3.63) is 66.2 Å². The molecule has 0 bridgehead atoms. The minimum Gasteiger partial charge on any atom is -0.457 e. The van der Waals surface area contributed by atoms with E-state index >= 15 is 0 Å². The Labute approximate surface area is 111 Å². The van der Waals surface area contributed by atoms with Crippen LogP contribution >= 0.6 is 0 Å². The summed E-state index contributed by atoms with van der Waals surface area (Å²) >= 11 is 0. The highest BCUT2D eigenvalue weighted by Gasteiger charge is 2.20. The fourth-order valence-corrected chi connectivity index (χ4v) is 2.12. The molecule has 1 aliphatic rings. The number of ether oxygens (including phenoxy) is 2. The molecule has 0 radical (unpaired) electrons. The van der Waals surface area contributed by atoms with E-state index < -0.39 is 5.97 Å². The number of para-hydroxylation sites is 1. The molecule has 2 aromatic rings. The minimum atomic E-state index is -0.466. The van der Waals surface area contributed by atoms with Crippen molar-refractivity contribution in [2.24, 2.45) is 0 Å². The van der Waals surface area contributed by atoms with Crippen LogP contribution in [0.25, 0.3) is 0 Å². The van der Waals surface area contributed by atoms with Gasteiger partial charge in [0.2, 0.25) is 0 Å². The van der Waals surface area contributed by atoms with E-state index in [1.54, 1.807) is 12.1 Å². The first-order chi connectivity index (χ1) is 9.28. The lowest BCUT2D eigenvalue weighted by atomic mass is 9.99. The zero-order chi connectivity index (χ0) is 13.2. The van der Waals surface area contributed by atoms with E-state index in [-0.39, 0.29) is 0 Å².